The minimum atomic E-state index is -0.322. The zero-order valence-electron chi connectivity index (χ0n) is 16.7. The molecule has 9 heteroatoms. The topological polar surface area (TPSA) is 88.3 Å². The van der Waals surface area contributed by atoms with E-state index in [9.17, 15) is 14.0 Å². The minimum absolute atomic E-state index is 0.0345. The maximum absolute atomic E-state index is 13.1. The number of aromatic nitrogens is 2. The van der Waals surface area contributed by atoms with E-state index in [1.165, 1.54) is 23.5 Å². The lowest BCUT2D eigenvalue weighted by molar-refractivity contribution is -0.117. The summed E-state index contributed by atoms with van der Waals surface area (Å²) in [4.78, 5) is 31.8. The third kappa shape index (κ3) is 4.36. The Kier molecular flexibility index (Phi) is 5.27. The van der Waals surface area contributed by atoms with Crippen molar-refractivity contribution in [3.63, 3.8) is 0 Å². The number of thiophene rings is 1. The van der Waals surface area contributed by atoms with Gasteiger partial charge in [0.05, 0.1) is 15.8 Å². The predicted molar refractivity (Wildman–Crippen MR) is 113 cm³/mol. The molecule has 0 radical (unpaired) electrons. The highest BCUT2D eigenvalue weighted by molar-refractivity contribution is 7.18. The van der Waals surface area contributed by atoms with Gasteiger partial charge in [0.1, 0.15) is 5.82 Å². The van der Waals surface area contributed by atoms with Gasteiger partial charge in [-0.25, -0.2) is 4.39 Å². The van der Waals surface area contributed by atoms with Crippen LogP contribution < -0.4 is 5.32 Å². The largest absolute Gasteiger partial charge is 0.339 e. The van der Waals surface area contributed by atoms with Gasteiger partial charge in [0.15, 0.2) is 0 Å². The van der Waals surface area contributed by atoms with Crippen LogP contribution in [-0.2, 0) is 4.79 Å². The normalized spacial score (nSPS) is 18.7. The predicted octanol–water partition coefficient (Wildman–Crippen LogP) is 4.31. The summed E-state index contributed by atoms with van der Waals surface area (Å²) in [7, 11) is 0. The summed E-state index contributed by atoms with van der Waals surface area (Å²) in [6, 6.07) is 9.47. The average molecular weight is 441 g/mol. The number of anilines is 1. The van der Waals surface area contributed by atoms with Crippen molar-refractivity contribution in [3.05, 3.63) is 53.0 Å². The molecule has 1 N–H and O–H groups in total. The number of nitrogens with zero attached hydrogens (tertiary/aromatic N) is 3. The standard InChI is InChI=1S/C22H21FN4O3S/c23-16-7-5-13(6-8-16)19-25-21(30-26-19)15-2-1-11-27(12-15)22(29)17-9-10-18(31-17)24-20(28)14-3-4-14/h5-10,14-15H,1-4,11-12H2,(H,24,28). The van der Waals surface area contributed by atoms with Gasteiger partial charge < -0.3 is 14.7 Å². The van der Waals surface area contributed by atoms with Crippen LogP contribution in [-0.4, -0.2) is 39.9 Å². The summed E-state index contributed by atoms with van der Waals surface area (Å²) in [6.07, 6.45) is 3.57. The molecule has 1 atom stereocenters. The number of rotatable bonds is 5. The Morgan fingerprint density at radius 2 is 1.94 bits per heavy atom. The van der Waals surface area contributed by atoms with Gasteiger partial charge in [-0.05, 0) is 62.1 Å². The second kappa shape index (κ2) is 8.22. The van der Waals surface area contributed by atoms with Gasteiger partial charge in [-0.1, -0.05) is 5.16 Å². The number of nitrogens with one attached hydrogen (secondary N) is 1. The number of piperidine rings is 1. The molecular formula is C22H21FN4O3S. The zero-order chi connectivity index (χ0) is 21.4. The number of likely N-dealkylation sites (tertiary alicyclic amines) is 1. The lowest BCUT2D eigenvalue weighted by Crippen LogP contribution is -2.38. The monoisotopic (exact) mass is 440 g/mol. The highest BCUT2D eigenvalue weighted by Gasteiger charge is 2.31. The van der Waals surface area contributed by atoms with E-state index in [4.69, 9.17) is 4.52 Å². The van der Waals surface area contributed by atoms with E-state index >= 15 is 0 Å². The summed E-state index contributed by atoms with van der Waals surface area (Å²) in [6.45, 7) is 1.15. The summed E-state index contributed by atoms with van der Waals surface area (Å²) >= 11 is 1.30. The van der Waals surface area contributed by atoms with Gasteiger partial charge >= 0.3 is 0 Å². The quantitative estimate of drug-likeness (QED) is 0.639. The van der Waals surface area contributed by atoms with Gasteiger partial charge in [-0.3, -0.25) is 9.59 Å². The van der Waals surface area contributed by atoms with Crippen molar-refractivity contribution in [2.45, 2.75) is 31.6 Å². The Morgan fingerprint density at radius 1 is 1.13 bits per heavy atom. The molecule has 1 aromatic carbocycles. The third-order valence-corrected chi connectivity index (χ3v) is 6.60. The van der Waals surface area contributed by atoms with Crippen LogP contribution in [0.2, 0.25) is 0 Å². The Labute approximate surface area is 182 Å². The first kappa shape index (κ1) is 19.9. The van der Waals surface area contributed by atoms with E-state index in [0.29, 0.717) is 40.2 Å². The highest BCUT2D eigenvalue weighted by atomic mass is 32.1. The molecule has 31 heavy (non-hydrogen) atoms. The van der Waals surface area contributed by atoms with E-state index in [-0.39, 0.29) is 29.5 Å². The third-order valence-electron chi connectivity index (χ3n) is 5.61. The van der Waals surface area contributed by atoms with Crippen LogP contribution in [0.15, 0.2) is 40.9 Å². The molecule has 2 amide bonds. The van der Waals surface area contributed by atoms with Crippen LogP contribution in [0, 0.1) is 11.7 Å². The van der Waals surface area contributed by atoms with E-state index in [0.717, 1.165) is 25.7 Å². The molecule has 0 spiro atoms. The van der Waals surface area contributed by atoms with Crippen molar-refractivity contribution in [1.29, 1.82) is 0 Å². The maximum Gasteiger partial charge on any atom is 0.264 e. The first-order valence-electron chi connectivity index (χ1n) is 10.4. The van der Waals surface area contributed by atoms with E-state index in [1.54, 1.807) is 29.2 Å². The van der Waals surface area contributed by atoms with Gasteiger partial charge in [0, 0.05) is 24.6 Å². The van der Waals surface area contributed by atoms with E-state index in [1.807, 2.05) is 0 Å². The van der Waals surface area contributed by atoms with Crippen LogP contribution in [0.3, 0.4) is 0 Å². The number of hydrogen-bond donors (Lipinski definition) is 1. The fraction of sp³-hybridized carbons (Fsp3) is 0.364. The van der Waals surface area contributed by atoms with Crippen LogP contribution in [0.25, 0.3) is 11.4 Å². The number of carbonyl (C=O) groups excluding carboxylic acids is 2. The molecular weight excluding hydrogens is 419 g/mol. The molecule has 1 unspecified atom stereocenters. The van der Waals surface area contributed by atoms with E-state index < -0.39 is 0 Å². The molecule has 3 heterocycles. The number of amides is 2. The molecule has 1 saturated carbocycles. The van der Waals surface area contributed by atoms with Crippen molar-refractivity contribution in [1.82, 2.24) is 15.0 Å². The molecule has 0 bridgehead atoms. The Morgan fingerprint density at radius 3 is 2.71 bits per heavy atom. The van der Waals surface area contributed by atoms with Crippen molar-refractivity contribution < 1.29 is 18.5 Å². The van der Waals surface area contributed by atoms with Crippen LogP contribution >= 0.6 is 11.3 Å². The lowest BCUT2D eigenvalue weighted by Gasteiger charge is -2.30. The molecule has 7 nitrogen and oxygen atoms in total. The number of hydrogen-bond acceptors (Lipinski definition) is 6. The molecule has 2 aliphatic rings. The number of benzene rings is 1. The van der Waals surface area contributed by atoms with Crippen LogP contribution in [0.4, 0.5) is 9.39 Å². The number of halogens is 1. The van der Waals surface area contributed by atoms with Gasteiger partial charge in [-0.15, -0.1) is 11.3 Å². The molecule has 160 valence electrons. The van der Waals surface area contributed by atoms with Crippen molar-refractivity contribution in [2.24, 2.45) is 5.92 Å². The number of carbonyl (C=O) groups is 2. The van der Waals surface area contributed by atoms with Gasteiger partial charge in [0.25, 0.3) is 5.91 Å². The van der Waals surface area contributed by atoms with Crippen LogP contribution in [0.5, 0.6) is 0 Å². The second-order valence-electron chi connectivity index (χ2n) is 7.98. The second-order valence-corrected chi connectivity index (χ2v) is 9.06. The zero-order valence-corrected chi connectivity index (χ0v) is 17.5. The van der Waals surface area contributed by atoms with Gasteiger partial charge in [0.2, 0.25) is 17.6 Å². The Bertz CT molecular complexity index is 1110. The fourth-order valence-electron chi connectivity index (χ4n) is 3.73. The Balaban J connectivity index is 1.25. The molecule has 1 aliphatic heterocycles. The van der Waals surface area contributed by atoms with E-state index in [2.05, 4.69) is 15.5 Å². The molecule has 5 rings (SSSR count). The lowest BCUT2D eigenvalue weighted by atomic mass is 9.98. The van der Waals surface area contributed by atoms with Crippen molar-refractivity contribution in [2.75, 3.05) is 18.4 Å². The summed E-state index contributed by atoms with van der Waals surface area (Å²) in [5, 5.41) is 7.61. The summed E-state index contributed by atoms with van der Waals surface area (Å²) in [5.41, 5.74) is 0.680. The fourth-order valence-corrected chi connectivity index (χ4v) is 4.60. The molecule has 1 saturated heterocycles. The molecule has 3 aromatic rings. The first-order chi connectivity index (χ1) is 15.1. The molecule has 2 fully saturated rings. The average Bonchev–Trinajstić information content (AvgIpc) is 3.35. The maximum atomic E-state index is 13.1. The smallest absolute Gasteiger partial charge is 0.264 e. The minimum Gasteiger partial charge on any atom is -0.339 e. The highest BCUT2D eigenvalue weighted by Crippen LogP contribution is 2.33. The molecule has 1 aliphatic carbocycles. The van der Waals surface area contributed by atoms with Crippen LogP contribution in [0.1, 0.15) is 47.2 Å². The molecule has 2 aromatic heterocycles. The summed E-state index contributed by atoms with van der Waals surface area (Å²) in [5.74, 6) is 0.629. The Hall–Kier alpha value is -3.07. The van der Waals surface area contributed by atoms with Gasteiger partial charge in [-0.2, -0.15) is 4.98 Å². The SMILES string of the molecule is O=C(Nc1ccc(C(=O)N2CCCC(c3nc(-c4ccc(F)cc4)no3)C2)s1)C1CC1. The first-order valence-corrected chi connectivity index (χ1v) is 11.2. The van der Waals surface area contributed by atoms with Crippen molar-refractivity contribution in [3.8, 4) is 11.4 Å². The summed E-state index contributed by atoms with van der Waals surface area (Å²) < 4.78 is 18.6. The van der Waals surface area contributed by atoms with Crippen molar-refractivity contribution >= 4 is 28.2 Å².